The Balaban J connectivity index is 1.73. The van der Waals surface area contributed by atoms with Crippen LogP contribution in [0, 0.1) is 11.6 Å². The molecule has 31 heavy (non-hydrogen) atoms. The van der Waals surface area contributed by atoms with Crippen LogP contribution < -0.4 is 5.32 Å². The number of carbonyl (C=O) groups excluding carboxylic acids is 1. The molecular weight excluding hydrogens is 421 g/mol. The summed E-state index contributed by atoms with van der Waals surface area (Å²) in [7, 11) is 0. The Bertz CT molecular complexity index is 1140. The van der Waals surface area contributed by atoms with Crippen molar-refractivity contribution in [3.8, 4) is 11.4 Å². The maximum absolute atomic E-state index is 14.2. The summed E-state index contributed by atoms with van der Waals surface area (Å²) in [6, 6.07) is 8.26. The normalized spacial score (nSPS) is 14.3. The van der Waals surface area contributed by atoms with Crippen molar-refractivity contribution in [1.29, 1.82) is 0 Å². The molecule has 1 aliphatic rings. The van der Waals surface area contributed by atoms with Crippen molar-refractivity contribution in [3.63, 3.8) is 0 Å². The number of amides is 1. The molecule has 5 nitrogen and oxygen atoms in total. The lowest BCUT2D eigenvalue weighted by Crippen LogP contribution is -2.20. The molecule has 3 aromatic rings. The van der Waals surface area contributed by atoms with Gasteiger partial charge in [-0.2, -0.15) is 13.2 Å². The van der Waals surface area contributed by atoms with Crippen molar-refractivity contribution in [2.45, 2.75) is 25.2 Å². The van der Waals surface area contributed by atoms with E-state index in [1.165, 1.54) is 18.2 Å². The van der Waals surface area contributed by atoms with E-state index in [1.807, 2.05) is 0 Å². The Hall–Kier alpha value is -3.40. The van der Waals surface area contributed by atoms with Crippen LogP contribution in [-0.2, 0) is 13.0 Å². The quantitative estimate of drug-likeness (QED) is 0.611. The van der Waals surface area contributed by atoms with Gasteiger partial charge in [0.25, 0.3) is 5.91 Å². The molecule has 0 radical (unpaired) electrons. The molecule has 1 aromatic heterocycles. The fraction of sp³-hybridized carbons (Fsp3) is 0.190. The van der Waals surface area contributed by atoms with Gasteiger partial charge in [-0.25, -0.2) is 18.7 Å². The van der Waals surface area contributed by atoms with Crippen molar-refractivity contribution in [1.82, 2.24) is 15.3 Å². The fourth-order valence-corrected chi connectivity index (χ4v) is 3.35. The number of fused-ring (bicyclic) bond motifs is 1. The first-order valence-corrected chi connectivity index (χ1v) is 9.11. The molecule has 2 N–H and O–H groups in total. The molecule has 0 saturated heterocycles. The maximum atomic E-state index is 14.2. The van der Waals surface area contributed by atoms with E-state index in [1.54, 1.807) is 0 Å². The van der Waals surface area contributed by atoms with Crippen LogP contribution in [0.1, 0.15) is 39.0 Å². The highest BCUT2D eigenvalue weighted by Gasteiger charge is 2.39. The lowest BCUT2D eigenvalue weighted by molar-refractivity contribution is -0.206. The van der Waals surface area contributed by atoms with E-state index in [0.29, 0.717) is 5.56 Å². The average Bonchev–Trinajstić information content (AvgIpc) is 3.08. The van der Waals surface area contributed by atoms with Crippen LogP contribution in [0.4, 0.5) is 22.0 Å². The van der Waals surface area contributed by atoms with Gasteiger partial charge in [-0.15, -0.1) is 0 Å². The number of benzene rings is 2. The molecule has 1 amide bonds. The predicted octanol–water partition coefficient (Wildman–Crippen LogP) is 3.85. The van der Waals surface area contributed by atoms with E-state index in [-0.39, 0.29) is 41.3 Å². The molecule has 0 spiro atoms. The summed E-state index contributed by atoms with van der Waals surface area (Å²) in [5.74, 6) is -2.41. The zero-order valence-electron chi connectivity index (χ0n) is 15.7. The van der Waals surface area contributed by atoms with Gasteiger partial charge in [-0.1, -0.05) is 30.3 Å². The van der Waals surface area contributed by atoms with E-state index >= 15 is 0 Å². The molecule has 2 aromatic carbocycles. The first kappa shape index (κ1) is 20.9. The summed E-state index contributed by atoms with van der Waals surface area (Å²) in [5.41, 5.74) is 0.336. The predicted molar refractivity (Wildman–Crippen MR) is 98.8 cm³/mol. The third kappa shape index (κ3) is 3.98. The van der Waals surface area contributed by atoms with Gasteiger partial charge in [0.2, 0.25) is 0 Å². The number of alkyl halides is 3. The summed E-state index contributed by atoms with van der Waals surface area (Å²) in [5, 5.41) is 11.9. The van der Waals surface area contributed by atoms with Gasteiger partial charge in [0.05, 0.1) is 29.1 Å². The summed E-state index contributed by atoms with van der Waals surface area (Å²) in [6.07, 6.45) is -7.42. The van der Waals surface area contributed by atoms with E-state index in [2.05, 4.69) is 15.3 Å². The fourth-order valence-electron chi connectivity index (χ4n) is 3.35. The molecule has 0 bridgehead atoms. The number of halogens is 5. The molecule has 1 atom stereocenters. The molecular formula is C21H14F5N3O2. The van der Waals surface area contributed by atoms with Gasteiger partial charge in [-0.3, -0.25) is 4.79 Å². The number of rotatable bonds is 4. The minimum atomic E-state index is -4.80. The number of aliphatic hydroxyl groups excluding tert-OH is 1. The zero-order chi connectivity index (χ0) is 22.3. The van der Waals surface area contributed by atoms with Crippen molar-refractivity contribution in [3.05, 3.63) is 82.2 Å². The summed E-state index contributed by atoms with van der Waals surface area (Å²) < 4.78 is 66.5. The van der Waals surface area contributed by atoms with E-state index in [0.717, 1.165) is 24.3 Å². The third-order valence-electron chi connectivity index (χ3n) is 4.87. The van der Waals surface area contributed by atoms with E-state index in [9.17, 15) is 31.9 Å². The topological polar surface area (TPSA) is 75.1 Å². The maximum Gasteiger partial charge on any atom is 0.418 e. The lowest BCUT2D eigenvalue weighted by atomic mass is 10.0. The second kappa shape index (κ2) is 7.69. The van der Waals surface area contributed by atoms with Crippen LogP contribution in [0.3, 0.4) is 0 Å². The van der Waals surface area contributed by atoms with Gasteiger partial charge in [0, 0.05) is 6.42 Å². The highest BCUT2D eigenvalue weighted by atomic mass is 19.4. The number of carbonyl (C=O) groups is 1. The van der Waals surface area contributed by atoms with Crippen LogP contribution in [0.5, 0.6) is 0 Å². The van der Waals surface area contributed by atoms with E-state index < -0.39 is 35.4 Å². The van der Waals surface area contributed by atoms with Crippen LogP contribution in [0.2, 0.25) is 0 Å². The molecule has 1 aliphatic heterocycles. The molecule has 0 saturated carbocycles. The van der Waals surface area contributed by atoms with Gasteiger partial charge in [0.1, 0.15) is 11.6 Å². The van der Waals surface area contributed by atoms with Crippen LogP contribution in [-0.4, -0.2) is 27.2 Å². The Morgan fingerprint density at radius 2 is 1.65 bits per heavy atom. The Labute approximate surface area is 172 Å². The average molecular weight is 435 g/mol. The van der Waals surface area contributed by atoms with Gasteiger partial charge in [-0.05, 0) is 23.3 Å². The minimum absolute atomic E-state index is 0.00371. The number of aromatic nitrogens is 2. The summed E-state index contributed by atoms with van der Waals surface area (Å²) in [4.78, 5) is 20.5. The second-order valence-corrected chi connectivity index (χ2v) is 6.96. The Morgan fingerprint density at radius 3 is 2.26 bits per heavy atom. The monoisotopic (exact) mass is 435 g/mol. The highest BCUT2D eigenvalue weighted by molar-refractivity contribution is 5.99. The third-order valence-corrected chi connectivity index (χ3v) is 4.87. The van der Waals surface area contributed by atoms with Gasteiger partial charge < -0.3 is 10.4 Å². The van der Waals surface area contributed by atoms with Crippen molar-refractivity contribution in [2.75, 3.05) is 0 Å². The van der Waals surface area contributed by atoms with E-state index in [4.69, 9.17) is 0 Å². The van der Waals surface area contributed by atoms with Crippen molar-refractivity contribution >= 4 is 5.91 Å². The van der Waals surface area contributed by atoms with Crippen LogP contribution in [0.15, 0.2) is 42.5 Å². The largest absolute Gasteiger partial charge is 0.418 e. The number of aliphatic hydroxyl groups is 1. The number of nitrogens with zero attached hydrogens (tertiary/aromatic N) is 2. The van der Waals surface area contributed by atoms with Gasteiger partial charge in [0.15, 0.2) is 11.9 Å². The Kier molecular flexibility index (Phi) is 5.18. The minimum Gasteiger partial charge on any atom is -0.379 e. The smallest absolute Gasteiger partial charge is 0.379 e. The molecule has 0 unspecified atom stereocenters. The molecule has 0 aliphatic carbocycles. The summed E-state index contributed by atoms with van der Waals surface area (Å²) >= 11 is 0. The van der Waals surface area contributed by atoms with Crippen LogP contribution in [0.25, 0.3) is 11.4 Å². The highest BCUT2D eigenvalue weighted by Crippen LogP contribution is 2.33. The SMILES string of the molecule is O=C1NCc2nc(-c3c(F)cccc3F)nc(Cc3ccc([C@@H](O)C(F)(F)F)cc3)c21. The molecule has 10 heteroatoms. The molecule has 160 valence electrons. The second-order valence-electron chi connectivity index (χ2n) is 6.96. The Morgan fingerprint density at radius 1 is 1.00 bits per heavy atom. The first-order chi connectivity index (χ1) is 14.6. The molecule has 2 heterocycles. The van der Waals surface area contributed by atoms with Crippen LogP contribution >= 0.6 is 0 Å². The van der Waals surface area contributed by atoms with Gasteiger partial charge >= 0.3 is 6.18 Å². The lowest BCUT2D eigenvalue weighted by Gasteiger charge is -2.15. The summed E-state index contributed by atoms with van der Waals surface area (Å²) in [6.45, 7) is 0.0590. The standard InChI is InChI=1S/C21H14F5N3O2/c22-12-2-1-3-13(23)16(12)19-28-14(17-15(29-19)9-27-20(17)31)8-10-4-6-11(7-5-10)18(30)21(24,25)26/h1-7,18,30H,8-9H2,(H,27,31)/t18-/m1/s1. The number of nitrogens with one attached hydrogen (secondary N) is 1. The van der Waals surface area contributed by atoms with Crippen molar-refractivity contribution in [2.24, 2.45) is 0 Å². The van der Waals surface area contributed by atoms with Crippen molar-refractivity contribution < 1.29 is 31.9 Å². The number of hydrogen-bond donors (Lipinski definition) is 2. The number of hydrogen-bond acceptors (Lipinski definition) is 4. The molecule has 0 fully saturated rings. The first-order valence-electron chi connectivity index (χ1n) is 9.11. The molecule has 4 rings (SSSR count). The zero-order valence-corrected chi connectivity index (χ0v) is 15.7.